The molecule has 0 aliphatic rings. The van der Waals surface area contributed by atoms with Gasteiger partial charge in [0.2, 0.25) is 0 Å². The van der Waals surface area contributed by atoms with Crippen molar-refractivity contribution in [3.05, 3.63) is 29.8 Å². The van der Waals surface area contributed by atoms with Crippen LogP contribution in [0.25, 0.3) is 0 Å². The molecule has 1 aromatic carbocycles. The smallest absolute Gasteiger partial charge is 0.118 e. The van der Waals surface area contributed by atoms with Gasteiger partial charge in [-0.1, -0.05) is 64.5 Å². The highest BCUT2D eigenvalue weighted by atomic mass is 16.5. The number of rotatable bonds is 12. The predicted octanol–water partition coefficient (Wildman–Crippen LogP) is 4.97. The lowest BCUT2D eigenvalue weighted by molar-refractivity contribution is 0.414. The summed E-state index contributed by atoms with van der Waals surface area (Å²) in [6.07, 6.45) is 10.6. The van der Waals surface area contributed by atoms with Gasteiger partial charge in [-0.2, -0.15) is 0 Å². The standard InChI is InChI=1S/C19H33NO/c1-4-6-7-8-9-10-11-18(20-5-2)16-17-12-14-19(21-3)15-13-17/h12-15,18,20H,4-11,16H2,1-3H3. The van der Waals surface area contributed by atoms with Crippen LogP contribution >= 0.6 is 0 Å². The summed E-state index contributed by atoms with van der Waals surface area (Å²) in [5.74, 6) is 0.940. The molecule has 1 N–H and O–H groups in total. The molecule has 0 spiro atoms. The van der Waals surface area contributed by atoms with Crippen molar-refractivity contribution in [3.8, 4) is 5.75 Å². The Morgan fingerprint density at radius 1 is 0.952 bits per heavy atom. The molecule has 1 rings (SSSR count). The molecule has 0 aromatic heterocycles. The SMILES string of the molecule is CCCCCCCCC(Cc1ccc(OC)cc1)NCC. The highest BCUT2D eigenvalue weighted by molar-refractivity contribution is 5.27. The molecule has 0 aliphatic heterocycles. The number of hydrogen-bond acceptors (Lipinski definition) is 2. The van der Waals surface area contributed by atoms with E-state index in [-0.39, 0.29) is 0 Å². The normalized spacial score (nSPS) is 12.3. The van der Waals surface area contributed by atoms with Gasteiger partial charge in [-0.25, -0.2) is 0 Å². The van der Waals surface area contributed by atoms with Gasteiger partial charge in [0, 0.05) is 6.04 Å². The minimum absolute atomic E-state index is 0.606. The number of methoxy groups -OCH3 is 1. The second kappa shape index (κ2) is 11.6. The molecule has 0 bridgehead atoms. The van der Waals surface area contributed by atoms with E-state index in [0.717, 1.165) is 18.7 Å². The zero-order chi connectivity index (χ0) is 15.3. The first-order chi connectivity index (χ1) is 10.3. The number of nitrogens with one attached hydrogen (secondary N) is 1. The van der Waals surface area contributed by atoms with Crippen LogP contribution in [0, 0.1) is 0 Å². The van der Waals surface area contributed by atoms with Crippen LogP contribution in [0.5, 0.6) is 5.75 Å². The summed E-state index contributed by atoms with van der Waals surface area (Å²) >= 11 is 0. The van der Waals surface area contributed by atoms with Gasteiger partial charge in [0.15, 0.2) is 0 Å². The van der Waals surface area contributed by atoms with E-state index in [9.17, 15) is 0 Å². The lowest BCUT2D eigenvalue weighted by Gasteiger charge is -2.18. The molecule has 0 aliphatic carbocycles. The summed E-state index contributed by atoms with van der Waals surface area (Å²) in [5, 5.41) is 3.63. The van der Waals surface area contributed by atoms with Crippen LogP contribution in [-0.4, -0.2) is 19.7 Å². The molecule has 1 atom stereocenters. The Morgan fingerprint density at radius 2 is 1.62 bits per heavy atom. The van der Waals surface area contributed by atoms with Crippen LogP contribution in [0.2, 0.25) is 0 Å². The first-order valence-corrected chi connectivity index (χ1v) is 8.66. The van der Waals surface area contributed by atoms with Crippen molar-refractivity contribution in [1.82, 2.24) is 5.32 Å². The van der Waals surface area contributed by atoms with Gasteiger partial charge in [-0.3, -0.25) is 0 Å². The summed E-state index contributed by atoms with van der Waals surface area (Å²) in [6.45, 7) is 5.52. The molecule has 21 heavy (non-hydrogen) atoms. The van der Waals surface area contributed by atoms with Crippen LogP contribution in [0.15, 0.2) is 24.3 Å². The van der Waals surface area contributed by atoms with Crippen molar-refractivity contribution < 1.29 is 4.74 Å². The Labute approximate surface area is 131 Å². The third-order valence-corrected chi connectivity index (χ3v) is 4.04. The fourth-order valence-corrected chi connectivity index (χ4v) is 2.78. The van der Waals surface area contributed by atoms with Crippen molar-refractivity contribution in [2.75, 3.05) is 13.7 Å². The van der Waals surface area contributed by atoms with Crippen molar-refractivity contribution in [3.63, 3.8) is 0 Å². The van der Waals surface area contributed by atoms with Crippen LogP contribution in [0.1, 0.15) is 64.4 Å². The number of benzene rings is 1. The monoisotopic (exact) mass is 291 g/mol. The highest BCUT2D eigenvalue weighted by Gasteiger charge is 2.08. The van der Waals surface area contributed by atoms with Gasteiger partial charge in [0.25, 0.3) is 0 Å². The maximum Gasteiger partial charge on any atom is 0.118 e. The van der Waals surface area contributed by atoms with E-state index in [1.165, 1.54) is 50.5 Å². The average Bonchev–Trinajstić information content (AvgIpc) is 2.51. The Bertz CT molecular complexity index is 347. The van der Waals surface area contributed by atoms with E-state index in [0.29, 0.717) is 6.04 Å². The Hall–Kier alpha value is -1.02. The van der Waals surface area contributed by atoms with Crippen molar-refractivity contribution in [2.45, 2.75) is 71.3 Å². The van der Waals surface area contributed by atoms with E-state index in [4.69, 9.17) is 4.74 Å². The van der Waals surface area contributed by atoms with Gasteiger partial charge < -0.3 is 10.1 Å². The van der Waals surface area contributed by atoms with Crippen LogP contribution in [0.4, 0.5) is 0 Å². The minimum atomic E-state index is 0.606. The second-order valence-corrected chi connectivity index (χ2v) is 5.86. The van der Waals surface area contributed by atoms with Crippen LogP contribution < -0.4 is 10.1 Å². The van der Waals surface area contributed by atoms with E-state index in [1.54, 1.807) is 7.11 Å². The van der Waals surface area contributed by atoms with Gasteiger partial charge in [-0.05, 0) is 37.1 Å². The molecule has 2 heteroatoms. The van der Waals surface area contributed by atoms with Crippen LogP contribution in [-0.2, 0) is 6.42 Å². The van der Waals surface area contributed by atoms with Crippen LogP contribution in [0.3, 0.4) is 0 Å². The molecule has 0 saturated heterocycles. The molecule has 1 unspecified atom stereocenters. The van der Waals surface area contributed by atoms with Gasteiger partial charge >= 0.3 is 0 Å². The lowest BCUT2D eigenvalue weighted by atomic mass is 9.99. The largest absolute Gasteiger partial charge is 0.497 e. The fraction of sp³-hybridized carbons (Fsp3) is 0.684. The molecular weight excluding hydrogens is 258 g/mol. The summed E-state index contributed by atoms with van der Waals surface area (Å²) in [4.78, 5) is 0. The zero-order valence-electron chi connectivity index (χ0n) is 14.2. The highest BCUT2D eigenvalue weighted by Crippen LogP contribution is 2.15. The molecule has 0 amide bonds. The Morgan fingerprint density at radius 3 is 2.24 bits per heavy atom. The van der Waals surface area contributed by atoms with Crippen molar-refractivity contribution in [2.24, 2.45) is 0 Å². The van der Waals surface area contributed by atoms with E-state index < -0.39 is 0 Å². The molecule has 2 nitrogen and oxygen atoms in total. The third-order valence-electron chi connectivity index (χ3n) is 4.04. The molecule has 1 aromatic rings. The average molecular weight is 291 g/mol. The fourth-order valence-electron chi connectivity index (χ4n) is 2.78. The van der Waals surface area contributed by atoms with Gasteiger partial charge in [0.05, 0.1) is 7.11 Å². The van der Waals surface area contributed by atoms with Gasteiger partial charge in [-0.15, -0.1) is 0 Å². The van der Waals surface area contributed by atoms with Gasteiger partial charge in [0.1, 0.15) is 5.75 Å². The van der Waals surface area contributed by atoms with E-state index >= 15 is 0 Å². The molecule has 0 heterocycles. The zero-order valence-corrected chi connectivity index (χ0v) is 14.2. The molecule has 0 fully saturated rings. The molecule has 0 radical (unpaired) electrons. The van der Waals surface area contributed by atoms with E-state index in [1.807, 2.05) is 0 Å². The second-order valence-electron chi connectivity index (χ2n) is 5.86. The predicted molar refractivity (Wildman–Crippen MR) is 92.2 cm³/mol. The molecular formula is C19H33NO. The maximum absolute atomic E-state index is 5.22. The maximum atomic E-state index is 5.22. The summed E-state index contributed by atoms with van der Waals surface area (Å²) < 4.78 is 5.22. The van der Waals surface area contributed by atoms with Crippen molar-refractivity contribution >= 4 is 0 Å². The first-order valence-electron chi connectivity index (χ1n) is 8.66. The topological polar surface area (TPSA) is 21.3 Å². The summed E-state index contributed by atoms with van der Waals surface area (Å²) in [7, 11) is 1.72. The lowest BCUT2D eigenvalue weighted by Crippen LogP contribution is -2.30. The number of hydrogen-bond donors (Lipinski definition) is 1. The quantitative estimate of drug-likeness (QED) is 0.549. The van der Waals surface area contributed by atoms with E-state index in [2.05, 4.69) is 43.4 Å². The minimum Gasteiger partial charge on any atom is -0.497 e. The first kappa shape index (κ1) is 18.0. The number of ether oxygens (including phenoxy) is 1. The molecule has 0 saturated carbocycles. The number of likely N-dealkylation sites (N-methyl/N-ethyl adjacent to an activating group) is 1. The summed E-state index contributed by atoms with van der Waals surface area (Å²) in [6, 6.07) is 9.09. The summed E-state index contributed by atoms with van der Waals surface area (Å²) in [5.41, 5.74) is 1.40. The number of unbranched alkanes of at least 4 members (excludes halogenated alkanes) is 5. The Kier molecular flexibility index (Phi) is 9.98. The van der Waals surface area contributed by atoms with Crippen molar-refractivity contribution in [1.29, 1.82) is 0 Å². The Balaban J connectivity index is 2.31. The molecule has 120 valence electrons. The third kappa shape index (κ3) is 8.11.